The first-order valence-electron chi connectivity index (χ1n) is 17.0. The van der Waals surface area contributed by atoms with E-state index < -0.39 is 0 Å². The van der Waals surface area contributed by atoms with Crippen LogP contribution in [0, 0.1) is 0 Å². The molecule has 4 heteroatoms. The van der Waals surface area contributed by atoms with Crippen molar-refractivity contribution in [2.75, 3.05) is 6.61 Å². The van der Waals surface area contributed by atoms with Gasteiger partial charge in [-0.25, -0.2) is 0 Å². The summed E-state index contributed by atoms with van der Waals surface area (Å²) in [4.78, 5) is 24.6. The zero-order valence-electron chi connectivity index (χ0n) is 26.0. The highest BCUT2D eigenvalue weighted by Gasteiger charge is 2.17. The molecule has 0 N–H and O–H groups in total. The molecule has 38 heavy (non-hydrogen) atoms. The summed E-state index contributed by atoms with van der Waals surface area (Å²) in [5.74, 6) is -0.282. The van der Waals surface area contributed by atoms with Crippen molar-refractivity contribution in [3.8, 4) is 0 Å². The van der Waals surface area contributed by atoms with Crippen molar-refractivity contribution in [2.24, 2.45) is 0 Å². The van der Waals surface area contributed by atoms with Gasteiger partial charge in [-0.15, -0.1) is 0 Å². The smallest absolute Gasteiger partial charge is 0.306 e. The van der Waals surface area contributed by atoms with Crippen molar-refractivity contribution in [2.45, 2.75) is 200 Å². The third-order valence-corrected chi connectivity index (χ3v) is 7.58. The number of esters is 2. The molecule has 0 saturated carbocycles. The molecule has 1 unspecified atom stereocenters. The lowest BCUT2D eigenvalue weighted by atomic mass is 10.0. The van der Waals surface area contributed by atoms with E-state index >= 15 is 0 Å². The van der Waals surface area contributed by atoms with E-state index in [1.54, 1.807) is 0 Å². The number of unbranched alkanes of at least 4 members (excludes halogenated alkanes) is 21. The van der Waals surface area contributed by atoms with Gasteiger partial charge in [0.05, 0.1) is 0 Å². The normalized spacial score (nSPS) is 12.0. The predicted octanol–water partition coefficient (Wildman–Crippen LogP) is 11.0. The van der Waals surface area contributed by atoms with Crippen molar-refractivity contribution in [1.82, 2.24) is 0 Å². The van der Waals surface area contributed by atoms with Crippen LogP contribution in [0.5, 0.6) is 0 Å². The number of carbonyl (C=O) groups excluding carboxylic acids is 2. The topological polar surface area (TPSA) is 52.6 Å². The molecule has 0 aromatic heterocycles. The number of hydrogen-bond donors (Lipinski definition) is 0. The van der Waals surface area contributed by atoms with Crippen LogP contribution in [-0.2, 0) is 19.1 Å². The Morgan fingerprint density at radius 2 is 0.789 bits per heavy atom. The monoisotopic (exact) mass is 538 g/mol. The summed E-state index contributed by atoms with van der Waals surface area (Å²) < 4.78 is 11.3. The Morgan fingerprint density at radius 1 is 0.447 bits per heavy atom. The standard InChI is InChI=1S/C34H66O4/c1-4-7-10-13-14-15-16-17-18-19-20-21-24-25-28-32(38-34(36)30-27-23-12-9-6-3)31-37-33(35)29-26-22-11-8-5-2/h32H,4-31H2,1-3H3. The lowest BCUT2D eigenvalue weighted by molar-refractivity contribution is -0.159. The summed E-state index contributed by atoms with van der Waals surface area (Å²) in [6.45, 7) is 6.88. The summed E-state index contributed by atoms with van der Waals surface area (Å²) >= 11 is 0. The van der Waals surface area contributed by atoms with E-state index in [4.69, 9.17) is 9.47 Å². The Balaban J connectivity index is 4.06. The van der Waals surface area contributed by atoms with Crippen LogP contribution in [-0.4, -0.2) is 24.6 Å². The zero-order valence-corrected chi connectivity index (χ0v) is 26.0. The fraction of sp³-hybridized carbons (Fsp3) is 0.941. The molecule has 0 aliphatic heterocycles. The molecule has 0 saturated heterocycles. The van der Waals surface area contributed by atoms with Crippen molar-refractivity contribution >= 4 is 11.9 Å². The van der Waals surface area contributed by atoms with Gasteiger partial charge in [-0.2, -0.15) is 0 Å². The number of rotatable bonds is 30. The Hall–Kier alpha value is -1.06. The quantitative estimate of drug-likeness (QED) is 0.0674. The van der Waals surface area contributed by atoms with Crippen LogP contribution in [0.1, 0.15) is 194 Å². The molecule has 226 valence electrons. The maximum absolute atomic E-state index is 12.4. The Labute approximate surface area is 237 Å². The maximum atomic E-state index is 12.4. The molecule has 0 heterocycles. The van der Waals surface area contributed by atoms with Crippen LogP contribution in [0.4, 0.5) is 0 Å². The molecule has 1 atom stereocenters. The molecule has 0 spiro atoms. The molecule has 0 bridgehead atoms. The zero-order chi connectivity index (χ0) is 27.9. The Kier molecular flexibility index (Phi) is 29.6. The predicted molar refractivity (Wildman–Crippen MR) is 163 cm³/mol. The van der Waals surface area contributed by atoms with Crippen LogP contribution in [0.3, 0.4) is 0 Å². The summed E-state index contributed by atoms with van der Waals surface area (Å²) in [6, 6.07) is 0. The molecule has 0 aromatic carbocycles. The minimum Gasteiger partial charge on any atom is -0.462 e. The fourth-order valence-corrected chi connectivity index (χ4v) is 4.99. The number of hydrogen-bond acceptors (Lipinski definition) is 4. The van der Waals surface area contributed by atoms with Crippen LogP contribution in [0.2, 0.25) is 0 Å². The van der Waals surface area contributed by atoms with E-state index in [9.17, 15) is 9.59 Å². The van der Waals surface area contributed by atoms with E-state index in [2.05, 4.69) is 20.8 Å². The second-order valence-corrected chi connectivity index (χ2v) is 11.5. The highest BCUT2D eigenvalue weighted by molar-refractivity contribution is 5.70. The van der Waals surface area contributed by atoms with Gasteiger partial charge in [0.2, 0.25) is 0 Å². The van der Waals surface area contributed by atoms with E-state index in [0.717, 1.165) is 44.9 Å². The van der Waals surface area contributed by atoms with Crippen LogP contribution >= 0.6 is 0 Å². The lowest BCUT2D eigenvalue weighted by Crippen LogP contribution is -2.25. The van der Waals surface area contributed by atoms with Crippen LogP contribution < -0.4 is 0 Å². The minimum atomic E-state index is -0.292. The van der Waals surface area contributed by atoms with Gasteiger partial charge < -0.3 is 9.47 Å². The average molecular weight is 539 g/mol. The maximum Gasteiger partial charge on any atom is 0.306 e. The molecular weight excluding hydrogens is 472 g/mol. The Bertz CT molecular complexity index is 505. The number of carbonyl (C=O) groups is 2. The lowest BCUT2D eigenvalue weighted by Gasteiger charge is -2.18. The molecule has 0 fully saturated rings. The van der Waals surface area contributed by atoms with E-state index in [-0.39, 0.29) is 24.6 Å². The van der Waals surface area contributed by atoms with E-state index in [1.165, 1.54) is 116 Å². The first-order valence-corrected chi connectivity index (χ1v) is 17.0. The molecule has 0 amide bonds. The third-order valence-electron chi connectivity index (χ3n) is 7.58. The first kappa shape index (κ1) is 36.9. The average Bonchev–Trinajstić information content (AvgIpc) is 2.91. The van der Waals surface area contributed by atoms with Gasteiger partial charge in [0.1, 0.15) is 12.7 Å². The summed E-state index contributed by atoms with van der Waals surface area (Å²) in [5, 5.41) is 0. The second-order valence-electron chi connectivity index (χ2n) is 11.5. The molecular formula is C34H66O4. The van der Waals surface area contributed by atoms with E-state index in [1.807, 2.05) is 0 Å². The fourth-order valence-electron chi connectivity index (χ4n) is 4.99. The third kappa shape index (κ3) is 28.0. The van der Waals surface area contributed by atoms with Gasteiger partial charge in [-0.3, -0.25) is 9.59 Å². The first-order chi connectivity index (χ1) is 18.6. The summed E-state index contributed by atoms with van der Waals surface area (Å²) in [6.07, 6.45) is 31.2. The SMILES string of the molecule is CCCCCCCCCCCCCCCCC(COC(=O)CCCCCCC)OC(=O)CCCCCCC. The molecule has 0 aromatic rings. The Morgan fingerprint density at radius 3 is 1.21 bits per heavy atom. The largest absolute Gasteiger partial charge is 0.462 e. The van der Waals surface area contributed by atoms with Gasteiger partial charge in [0.25, 0.3) is 0 Å². The van der Waals surface area contributed by atoms with Crippen molar-refractivity contribution in [3.05, 3.63) is 0 Å². The second kappa shape index (κ2) is 30.5. The van der Waals surface area contributed by atoms with Gasteiger partial charge in [0.15, 0.2) is 0 Å². The highest BCUT2D eigenvalue weighted by Crippen LogP contribution is 2.16. The molecule has 0 rings (SSSR count). The van der Waals surface area contributed by atoms with Gasteiger partial charge >= 0.3 is 11.9 Å². The van der Waals surface area contributed by atoms with Gasteiger partial charge in [0, 0.05) is 12.8 Å². The molecule has 4 nitrogen and oxygen atoms in total. The van der Waals surface area contributed by atoms with Crippen molar-refractivity contribution in [3.63, 3.8) is 0 Å². The molecule has 0 aliphatic rings. The molecule has 0 aliphatic carbocycles. The highest BCUT2D eigenvalue weighted by atomic mass is 16.6. The van der Waals surface area contributed by atoms with E-state index in [0.29, 0.717) is 12.8 Å². The van der Waals surface area contributed by atoms with Gasteiger partial charge in [-0.1, -0.05) is 156 Å². The summed E-state index contributed by atoms with van der Waals surface area (Å²) in [5.41, 5.74) is 0. The molecule has 0 radical (unpaired) electrons. The van der Waals surface area contributed by atoms with Crippen molar-refractivity contribution in [1.29, 1.82) is 0 Å². The van der Waals surface area contributed by atoms with Crippen LogP contribution in [0.25, 0.3) is 0 Å². The summed E-state index contributed by atoms with van der Waals surface area (Å²) in [7, 11) is 0. The van der Waals surface area contributed by atoms with Gasteiger partial charge in [-0.05, 0) is 25.7 Å². The van der Waals surface area contributed by atoms with Crippen molar-refractivity contribution < 1.29 is 19.1 Å². The van der Waals surface area contributed by atoms with Crippen LogP contribution in [0.15, 0.2) is 0 Å². The minimum absolute atomic E-state index is 0.132. The number of ether oxygens (including phenoxy) is 2.